The van der Waals surface area contributed by atoms with Crippen molar-refractivity contribution < 1.29 is 9.53 Å². The second-order valence-electron chi connectivity index (χ2n) is 3.28. The minimum Gasteiger partial charge on any atom is -0.465 e. The lowest BCUT2D eigenvalue weighted by Gasteiger charge is -2.07. The Morgan fingerprint density at radius 3 is 2.84 bits per heavy atom. The summed E-state index contributed by atoms with van der Waals surface area (Å²) in [5, 5.41) is 19.5. The molecule has 0 fully saturated rings. The van der Waals surface area contributed by atoms with E-state index >= 15 is 0 Å². The molecule has 0 bridgehead atoms. The van der Waals surface area contributed by atoms with Gasteiger partial charge in [0, 0.05) is 4.47 Å². The molecule has 0 heterocycles. The molecule has 0 aliphatic heterocycles. The highest BCUT2D eigenvalue weighted by atomic mass is 79.9. The van der Waals surface area contributed by atoms with Crippen molar-refractivity contribution in [3.8, 4) is 6.07 Å². The summed E-state index contributed by atoms with van der Waals surface area (Å²) in [6.07, 6.45) is 0. The highest BCUT2D eigenvalue weighted by molar-refractivity contribution is 9.10. The summed E-state index contributed by atoms with van der Waals surface area (Å²) in [7, 11) is 1.26. The lowest BCUT2D eigenvalue weighted by molar-refractivity contribution is 0.0602. The van der Waals surface area contributed by atoms with E-state index in [1.54, 1.807) is 18.2 Å². The number of hydrogen-bond donors (Lipinski definition) is 3. The molecule has 19 heavy (non-hydrogen) atoms. The van der Waals surface area contributed by atoms with Gasteiger partial charge in [-0.2, -0.15) is 10.4 Å². The standard InChI is InChI=1S/C11H10BrN5O2/c1-19-11(18)7-3-2-6(12)4-8(7)16-17-9(5-13)10(14)15/h2-4,16H,1H3,(H3,14,15)/b17-9+. The molecule has 0 atom stereocenters. The van der Waals surface area contributed by atoms with Gasteiger partial charge in [0.1, 0.15) is 6.07 Å². The van der Waals surface area contributed by atoms with Crippen molar-refractivity contribution in [2.75, 3.05) is 12.5 Å². The van der Waals surface area contributed by atoms with E-state index in [2.05, 4.69) is 31.2 Å². The molecule has 8 heteroatoms. The van der Waals surface area contributed by atoms with Crippen molar-refractivity contribution in [3.05, 3.63) is 28.2 Å². The number of carbonyl (C=O) groups excluding carboxylic acids is 1. The number of nitrogens with zero attached hydrogens (tertiary/aromatic N) is 2. The van der Waals surface area contributed by atoms with Crippen LogP contribution in [0.2, 0.25) is 0 Å². The van der Waals surface area contributed by atoms with Crippen LogP contribution in [-0.2, 0) is 4.74 Å². The average molecular weight is 324 g/mol. The molecule has 4 N–H and O–H groups in total. The van der Waals surface area contributed by atoms with Crippen LogP contribution in [0.1, 0.15) is 10.4 Å². The van der Waals surface area contributed by atoms with Crippen LogP contribution in [0.4, 0.5) is 5.69 Å². The predicted molar refractivity (Wildman–Crippen MR) is 74.1 cm³/mol. The molecule has 0 radical (unpaired) electrons. The number of nitrogens with two attached hydrogens (primary N) is 1. The van der Waals surface area contributed by atoms with Gasteiger partial charge in [0.05, 0.1) is 18.4 Å². The average Bonchev–Trinajstić information content (AvgIpc) is 2.38. The maximum Gasteiger partial charge on any atom is 0.340 e. The van der Waals surface area contributed by atoms with Crippen molar-refractivity contribution >= 4 is 39.1 Å². The minimum atomic E-state index is -0.550. The minimum absolute atomic E-state index is 0.246. The fourth-order valence-corrected chi connectivity index (χ4v) is 1.52. The third-order valence-corrected chi connectivity index (χ3v) is 2.53. The molecule has 1 rings (SSSR count). The molecular weight excluding hydrogens is 314 g/mol. The first-order valence-electron chi connectivity index (χ1n) is 4.95. The molecule has 0 aliphatic rings. The fourth-order valence-electron chi connectivity index (χ4n) is 1.16. The molecule has 7 nitrogen and oxygen atoms in total. The number of nitriles is 1. The number of amidine groups is 1. The summed E-state index contributed by atoms with van der Waals surface area (Å²) in [5.74, 6) is -1.02. The third kappa shape index (κ3) is 3.79. The van der Waals surface area contributed by atoms with E-state index in [-0.39, 0.29) is 11.3 Å². The number of nitrogens with one attached hydrogen (secondary N) is 2. The SMILES string of the molecule is COC(=O)c1ccc(Br)cc1N/N=C(\C#N)C(=N)N. The molecule has 0 amide bonds. The first kappa shape index (κ1) is 14.7. The molecule has 0 saturated carbocycles. The van der Waals surface area contributed by atoms with E-state index in [1.807, 2.05) is 0 Å². The van der Waals surface area contributed by atoms with Gasteiger partial charge in [-0.1, -0.05) is 15.9 Å². The van der Waals surface area contributed by atoms with Crippen molar-refractivity contribution in [1.29, 1.82) is 10.7 Å². The lowest BCUT2D eigenvalue weighted by Crippen LogP contribution is -2.22. The van der Waals surface area contributed by atoms with Gasteiger partial charge in [0.25, 0.3) is 0 Å². The number of methoxy groups -OCH3 is 1. The number of carbonyl (C=O) groups is 1. The van der Waals surface area contributed by atoms with Gasteiger partial charge < -0.3 is 10.5 Å². The Morgan fingerprint density at radius 1 is 1.63 bits per heavy atom. The highest BCUT2D eigenvalue weighted by Crippen LogP contribution is 2.22. The van der Waals surface area contributed by atoms with Gasteiger partial charge in [0.2, 0.25) is 5.71 Å². The van der Waals surface area contributed by atoms with Crippen LogP contribution in [-0.4, -0.2) is 24.6 Å². The van der Waals surface area contributed by atoms with E-state index in [0.717, 1.165) is 0 Å². The summed E-state index contributed by atoms with van der Waals surface area (Å²) >= 11 is 3.25. The van der Waals surface area contributed by atoms with E-state index in [0.29, 0.717) is 10.2 Å². The van der Waals surface area contributed by atoms with Gasteiger partial charge in [-0.05, 0) is 18.2 Å². The Kier molecular flexibility index (Phi) is 5.02. The zero-order chi connectivity index (χ0) is 14.4. The Balaban J connectivity index is 3.13. The number of hydrazone groups is 1. The smallest absolute Gasteiger partial charge is 0.340 e. The largest absolute Gasteiger partial charge is 0.465 e. The monoisotopic (exact) mass is 323 g/mol. The van der Waals surface area contributed by atoms with Crippen LogP contribution < -0.4 is 11.2 Å². The number of ether oxygens (including phenoxy) is 1. The van der Waals surface area contributed by atoms with Gasteiger partial charge in [-0.25, -0.2) is 4.79 Å². The third-order valence-electron chi connectivity index (χ3n) is 2.04. The summed E-state index contributed by atoms with van der Waals surface area (Å²) in [5.41, 5.74) is 7.96. The van der Waals surface area contributed by atoms with E-state index < -0.39 is 11.8 Å². The van der Waals surface area contributed by atoms with Gasteiger partial charge in [-0.15, -0.1) is 0 Å². The second-order valence-corrected chi connectivity index (χ2v) is 4.19. The molecule has 0 spiro atoms. The molecular formula is C11H10BrN5O2. The maximum atomic E-state index is 11.5. The number of hydrogen-bond acceptors (Lipinski definition) is 6. The van der Waals surface area contributed by atoms with Crippen LogP contribution in [0.3, 0.4) is 0 Å². The van der Waals surface area contributed by atoms with Crippen molar-refractivity contribution in [1.82, 2.24) is 0 Å². The first-order valence-corrected chi connectivity index (χ1v) is 5.75. The van der Waals surface area contributed by atoms with E-state index in [4.69, 9.17) is 16.4 Å². The van der Waals surface area contributed by atoms with Crippen molar-refractivity contribution in [2.24, 2.45) is 10.8 Å². The normalized spacial score (nSPS) is 10.5. The zero-order valence-corrected chi connectivity index (χ0v) is 11.5. The van der Waals surface area contributed by atoms with Gasteiger partial charge in [-0.3, -0.25) is 10.8 Å². The number of halogens is 1. The Labute approximate surface area is 117 Å². The Bertz CT molecular complexity index is 591. The Hall–Kier alpha value is -2.40. The summed E-state index contributed by atoms with van der Waals surface area (Å²) in [6, 6.07) is 6.45. The number of esters is 1. The van der Waals surface area contributed by atoms with Crippen LogP contribution in [0, 0.1) is 16.7 Å². The molecule has 98 valence electrons. The van der Waals surface area contributed by atoms with Crippen LogP contribution in [0.5, 0.6) is 0 Å². The number of anilines is 1. The van der Waals surface area contributed by atoms with Crippen LogP contribution in [0.15, 0.2) is 27.8 Å². The summed E-state index contributed by atoms with van der Waals surface area (Å²) in [6.45, 7) is 0. The van der Waals surface area contributed by atoms with Gasteiger partial charge >= 0.3 is 5.97 Å². The predicted octanol–water partition coefficient (Wildman–Crippen LogP) is 1.46. The van der Waals surface area contributed by atoms with E-state index in [1.165, 1.54) is 13.2 Å². The molecule has 1 aromatic carbocycles. The van der Waals surface area contributed by atoms with Crippen LogP contribution >= 0.6 is 15.9 Å². The highest BCUT2D eigenvalue weighted by Gasteiger charge is 2.12. The van der Waals surface area contributed by atoms with E-state index in [9.17, 15) is 4.79 Å². The fraction of sp³-hybridized carbons (Fsp3) is 0.0909. The van der Waals surface area contributed by atoms with Crippen molar-refractivity contribution in [2.45, 2.75) is 0 Å². The zero-order valence-electron chi connectivity index (χ0n) is 9.90. The van der Waals surface area contributed by atoms with Crippen LogP contribution in [0.25, 0.3) is 0 Å². The number of rotatable bonds is 4. The molecule has 0 aromatic heterocycles. The summed E-state index contributed by atoms with van der Waals surface area (Å²) < 4.78 is 5.33. The number of benzene rings is 1. The topological polar surface area (TPSA) is 124 Å². The molecule has 0 aliphatic carbocycles. The molecule has 0 saturated heterocycles. The quantitative estimate of drug-likeness (QED) is 0.335. The van der Waals surface area contributed by atoms with Crippen molar-refractivity contribution in [3.63, 3.8) is 0 Å². The first-order chi connectivity index (χ1) is 8.99. The summed E-state index contributed by atoms with van der Waals surface area (Å²) in [4.78, 5) is 11.5. The second kappa shape index (κ2) is 6.51. The molecule has 0 unspecified atom stereocenters. The Morgan fingerprint density at radius 2 is 2.32 bits per heavy atom. The van der Waals surface area contributed by atoms with Gasteiger partial charge in [0.15, 0.2) is 5.84 Å². The molecule has 1 aromatic rings. The lowest BCUT2D eigenvalue weighted by atomic mass is 10.2. The maximum absolute atomic E-state index is 11.5.